The molecule has 0 radical (unpaired) electrons. The molecule has 0 unspecified atom stereocenters. The second-order valence-electron chi connectivity index (χ2n) is 9.51. The van der Waals surface area contributed by atoms with Crippen molar-refractivity contribution < 1.29 is 28.9 Å². The van der Waals surface area contributed by atoms with Crippen LogP contribution < -0.4 is 10.1 Å². The van der Waals surface area contributed by atoms with Gasteiger partial charge in [0.2, 0.25) is 5.88 Å². The standard InChI is InChI=1S/C25H33FN4O6/c1-15(2)22-23(24(34)27-13-16-5-3-4-6-16)28-30(18-9-7-17(26)8-10-18)25(22)36-14-20(32)11-19(31)12-21(33)29-35/h7-10,15-16,19-20,31-32H,3-6,11-14H2,1-2H3,(H,27,34)/t19-,20+/m1/s1. The van der Waals surface area contributed by atoms with Crippen LogP contribution in [0.4, 0.5) is 4.39 Å². The van der Waals surface area contributed by atoms with E-state index in [0.717, 1.165) is 25.7 Å². The molecule has 0 bridgehead atoms. The molecule has 3 rings (SSSR count). The van der Waals surface area contributed by atoms with Crippen molar-refractivity contribution in [2.75, 3.05) is 13.2 Å². The van der Waals surface area contributed by atoms with E-state index in [0.29, 0.717) is 23.7 Å². The fraction of sp³-hybridized carbons (Fsp3) is 0.560. The van der Waals surface area contributed by atoms with E-state index in [2.05, 4.69) is 15.6 Å². The number of benzene rings is 1. The summed E-state index contributed by atoms with van der Waals surface area (Å²) in [4.78, 5) is 34.5. The molecule has 1 aliphatic rings. The average Bonchev–Trinajstić information content (AvgIpc) is 3.49. The summed E-state index contributed by atoms with van der Waals surface area (Å²) in [5, 5.41) is 30.0. The summed E-state index contributed by atoms with van der Waals surface area (Å²) in [6, 6.07) is 5.52. The first-order valence-electron chi connectivity index (χ1n) is 12.2. The molecule has 1 fully saturated rings. The number of halogens is 1. The minimum atomic E-state index is -1.27. The Balaban J connectivity index is 1.85. The second-order valence-corrected chi connectivity index (χ2v) is 9.51. The van der Waals surface area contributed by atoms with Crippen LogP contribution in [0, 0.1) is 16.6 Å². The predicted molar refractivity (Wildman–Crippen MR) is 129 cm³/mol. The Morgan fingerprint density at radius 2 is 1.86 bits per heavy atom. The van der Waals surface area contributed by atoms with Crippen LogP contribution in [0.15, 0.2) is 29.4 Å². The van der Waals surface area contributed by atoms with Crippen LogP contribution in [-0.4, -0.2) is 57.2 Å². The minimum Gasteiger partial charge on any atom is -0.475 e. The zero-order chi connectivity index (χ0) is 26.2. The molecule has 2 amide bonds. The van der Waals surface area contributed by atoms with E-state index in [9.17, 15) is 29.1 Å². The highest BCUT2D eigenvalue weighted by Gasteiger charge is 2.29. The number of nitrogens with zero attached hydrogens (tertiary/aromatic N) is 3. The van der Waals surface area contributed by atoms with E-state index in [1.165, 1.54) is 28.9 Å². The quantitative estimate of drug-likeness (QED) is 0.377. The largest absolute Gasteiger partial charge is 0.475 e. The third-order valence-electron chi connectivity index (χ3n) is 6.24. The SMILES string of the molecule is CC(C)c1c(C(=O)NCC2CCCC2)nn(-c2ccc(F)cc2)c1OC[C@@H](O)C[C@@H](O)CC(=O)N=O. The highest BCUT2D eigenvalue weighted by molar-refractivity contribution is 5.94. The van der Waals surface area contributed by atoms with Crippen LogP contribution in [-0.2, 0) is 4.79 Å². The van der Waals surface area contributed by atoms with Gasteiger partial charge in [-0.25, -0.2) is 9.07 Å². The summed E-state index contributed by atoms with van der Waals surface area (Å²) in [6.07, 6.45) is 1.29. The van der Waals surface area contributed by atoms with Gasteiger partial charge in [0.15, 0.2) is 5.69 Å². The Morgan fingerprint density at radius 3 is 2.47 bits per heavy atom. The van der Waals surface area contributed by atoms with Crippen LogP contribution in [0.25, 0.3) is 5.69 Å². The lowest BCUT2D eigenvalue weighted by Gasteiger charge is -2.18. The fourth-order valence-electron chi connectivity index (χ4n) is 4.41. The molecule has 10 nitrogen and oxygen atoms in total. The number of hydrogen-bond donors (Lipinski definition) is 3. The number of amides is 2. The molecule has 1 heterocycles. The third-order valence-corrected chi connectivity index (χ3v) is 6.24. The molecular weight excluding hydrogens is 471 g/mol. The van der Waals surface area contributed by atoms with E-state index in [4.69, 9.17) is 4.74 Å². The lowest BCUT2D eigenvalue weighted by molar-refractivity contribution is -0.120. The number of aromatic nitrogens is 2. The number of nitrogens with one attached hydrogen (secondary N) is 1. The van der Waals surface area contributed by atoms with E-state index < -0.39 is 30.4 Å². The van der Waals surface area contributed by atoms with E-state index in [1.54, 1.807) is 0 Å². The lowest BCUT2D eigenvalue weighted by Crippen LogP contribution is -2.29. The third kappa shape index (κ3) is 7.17. The highest BCUT2D eigenvalue weighted by atomic mass is 19.1. The number of carbonyl (C=O) groups is 2. The van der Waals surface area contributed by atoms with Gasteiger partial charge in [-0.1, -0.05) is 26.7 Å². The molecular formula is C25H33FN4O6. The normalized spacial score (nSPS) is 15.6. The van der Waals surface area contributed by atoms with E-state index in [-0.39, 0.29) is 36.4 Å². The Labute approximate surface area is 208 Å². The van der Waals surface area contributed by atoms with Crippen molar-refractivity contribution in [3.8, 4) is 11.6 Å². The molecule has 2 atom stereocenters. The number of hydrogen-bond acceptors (Lipinski definition) is 7. The van der Waals surface area contributed by atoms with Crippen molar-refractivity contribution in [2.45, 2.75) is 70.5 Å². The number of aliphatic hydroxyl groups is 2. The van der Waals surface area contributed by atoms with Crippen LogP contribution >= 0.6 is 0 Å². The maximum atomic E-state index is 13.6. The van der Waals surface area contributed by atoms with Gasteiger partial charge in [0, 0.05) is 23.7 Å². The summed E-state index contributed by atoms with van der Waals surface area (Å²) >= 11 is 0. The molecule has 36 heavy (non-hydrogen) atoms. The summed E-state index contributed by atoms with van der Waals surface area (Å²) in [6.45, 7) is 4.03. The Bertz CT molecular complexity index is 1050. The lowest BCUT2D eigenvalue weighted by atomic mass is 10.0. The average molecular weight is 505 g/mol. The molecule has 196 valence electrons. The van der Waals surface area contributed by atoms with E-state index in [1.807, 2.05) is 13.8 Å². The van der Waals surface area contributed by atoms with Gasteiger partial charge in [-0.2, -0.15) is 5.10 Å². The Kier molecular flexibility index (Phi) is 9.65. The molecule has 3 N–H and O–H groups in total. The number of carbonyl (C=O) groups excluding carboxylic acids is 2. The molecule has 2 aromatic rings. The van der Waals surface area contributed by atoms with E-state index >= 15 is 0 Å². The van der Waals surface area contributed by atoms with Crippen LogP contribution in [0.1, 0.15) is 74.3 Å². The zero-order valence-corrected chi connectivity index (χ0v) is 20.5. The van der Waals surface area contributed by atoms with Crippen molar-refractivity contribution >= 4 is 11.8 Å². The van der Waals surface area contributed by atoms with Crippen molar-refractivity contribution in [3.05, 3.63) is 46.2 Å². The highest BCUT2D eigenvalue weighted by Crippen LogP contribution is 2.33. The summed E-state index contributed by atoms with van der Waals surface area (Å²) in [5.74, 6) is -1.32. The Hall–Kier alpha value is -3.18. The van der Waals surface area contributed by atoms with Gasteiger partial charge in [-0.15, -0.1) is 4.91 Å². The summed E-state index contributed by atoms with van der Waals surface area (Å²) in [7, 11) is 0. The van der Waals surface area contributed by atoms with Crippen molar-refractivity contribution in [3.63, 3.8) is 0 Å². The number of nitroso groups, excluding NO2 is 1. The van der Waals surface area contributed by atoms with Crippen LogP contribution in [0.5, 0.6) is 5.88 Å². The first-order valence-corrected chi connectivity index (χ1v) is 12.2. The topological polar surface area (TPSA) is 143 Å². The molecule has 0 saturated heterocycles. The van der Waals surface area contributed by atoms with Gasteiger partial charge < -0.3 is 20.3 Å². The van der Waals surface area contributed by atoms with Crippen molar-refractivity contribution in [1.82, 2.24) is 15.1 Å². The summed E-state index contributed by atoms with van der Waals surface area (Å²) < 4.78 is 20.9. The van der Waals surface area contributed by atoms with Gasteiger partial charge in [-0.3, -0.25) is 9.59 Å². The summed E-state index contributed by atoms with van der Waals surface area (Å²) in [5.41, 5.74) is 1.16. The molecule has 1 aliphatic carbocycles. The smallest absolute Gasteiger partial charge is 0.288 e. The molecule has 1 aromatic carbocycles. The van der Waals surface area contributed by atoms with Gasteiger partial charge in [-0.05, 0) is 48.9 Å². The second kappa shape index (κ2) is 12.7. The van der Waals surface area contributed by atoms with Crippen LogP contribution in [0.2, 0.25) is 0 Å². The molecule has 0 aliphatic heterocycles. The van der Waals surface area contributed by atoms with Crippen molar-refractivity contribution in [1.29, 1.82) is 0 Å². The Morgan fingerprint density at radius 1 is 1.19 bits per heavy atom. The fourth-order valence-corrected chi connectivity index (χ4v) is 4.41. The monoisotopic (exact) mass is 504 g/mol. The molecule has 1 aromatic heterocycles. The molecule has 1 saturated carbocycles. The number of aliphatic hydroxyl groups excluding tert-OH is 2. The van der Waals surface area contributed by atoms with Gasteiger partial charge in [0.1, 0.15) is 12.4 Å². The maximum absolute atomic E-state index is 13.6. The number of rotatable bonds is 12. The first-order chi connectivity index (χ1) is 17.2. The maximum Gasteiger partial charge on any atom is 0.288 e. The van der Waals surface area contributed by atoms with Gasteiger partial charge >= 0.3 is 0 Å². The zero-order valence-electron chi connectivity index (χ0n) is 20.5. The van der Waals surface area contributed by atoms with Crippen LogP contribution in [0.3, 0.4) is 0 Å². The van der Waals surface area contributed by atoms with Gasteiger partial charge in [0.05, 0.1) is 24.3 Å². The number of ether oxygens (including phenoxy) is 1. The minimum absolute atomic E-state index is 0.180. The molecule has 0 spiro atoms. The predicted octanol–water partition coefficient (Wildman–Crippen LogP) is 3.23. The van der Waals surface area contributed by atoms with Gasteiger partial charge in [0.25, 0.3) is 11.8 Å². The van der Waals surface area contributed by atoms with Crippen molar-refractivity contribution in [2.24, 2.45) is 11.1 Å². The molecule has 11 heteroatoms. The first kappa shape index (κ1) is 27.4.